The Hall–Kier alpha value is -3.06. The Morgan fingerprint density at radius 2 is 1.87 bits per heavy atom. The predicted octanol–water partition coefficient (Wildman–Crippen LogP) is 3.07. The third-order valence-corrected chi connectivity index (χ3v) is 4.67. The zero-order valence-corrected chi connectivity index (χ0v) is 17.3. The van der Waals surface area contributed by atoms with Crippen LogP contribution in [0.25, 0.3) is 0 Å². The summed E-state index contributed by atoms with van der Waals surface area (Å²) in [6.45, 7) is 5.37. The van der Waals surface area contributed by atoms with E-state index in [-0.39, 0.29) is 18.6 Å². The lowest BCUT2D eigenvalue weighted by molar-refractivity contribution is -0.156. The summed E-state index contributed by atoms with van der Waals surface area (Å²) < 4.78 is 21.9. The molecular formula is C23H27NO6. The number of esters is 1. The number of hydrogen-bond donors (Lipinski definition) is 0. The molecule has 1 heterocycles. The van der Waals surface area contributed by atoms with E-state index in [4.69, 9.17) is 18.9 Å². The number of benzene rings is 2. The molecule has 7 nitrogen and oxygen atoms in total. The molecule has 2 aromatic carbocycles. The van der Waals surface area contributed by atoms with Crippen LogP contribution in [0.4, 0.5) is 0 Å². The quantitative estimate of drug-likeness (QED) is 0.558. The van der Waals surface area contributed by atoms with Crippen LogP contribution in [0.2, 0.25) is 0 Å². The molecule has 7 heteroatoms. The number of nitrogens with zero attached hydrogens (tertiary/aromatic N) is 1. The van der Waals surface area contributed by atoms with E-state index in [1.54, 1.807) is 24.0 Å². The van der Waals surface area contributed by atoms with Gasteiger partial charge in [-0.05, 0) is 43.7 Å². The summed E-state index contributed by atoms with van der Waals surface area (Å²) in [6.07, 6.45) is -0.180. The maximum Gasteiger partial charge on any atom is 0.335 e. The summed E-state index contributed by atoms with van der Waals surface area (Å²) in [4.78, 5) is 26.1. The molecule has 0 fully saturated rings. The van der Waals surface area contributed by atoms with Gasteiger partial charge in [0.25, 0.3) is 5.91 Å². The molecule has 1 atom stereocenters. The summed E-state index contributed by atoms with van der Waals surface area (Å²) in [5.41, 5.74) is 1.52. The zero-order valence-electron chi connectivity index (χ0n) is 17.3. The molecule has 2 aromatic rings. The minimum absolute atomic E-state index is 0.0586. The Balaban J connectivity index is 1.49. The van der Waals surface area contributed by atoms with Crippen molar-refractivity contribution in [2.24, 2.45) is 0 Å². The van der Waals surface area contributed by atoms with E-state index in [1.807, 2.05) is 43.3 Å². The Morgan fingerprint density at radius 3 is 2.60 bits per heavy atom. The summed E-state index contributed by atoms with van der Waals surface area (Å²) in [5, 5.41) is 0. The Labute approximate surface area is 176 Å². The van der Waals surface area contributed by atoms with Crippen LogP contribution in [0.1, 0.15) is 29.8 Å². The van der Waals surface area contributed by atoms with E-state index in [2.05, 4.69) is 0 Å². The second kappa shape index (κ2) is 10.6. The molecule has 0 aromatic heterocycles. The molecule has 0 aliphatic carbocycles. The number of amides is 1. The van der Waals surface area contributed by atoms with Crippen molar-refractivity contribution in [3.8, 4) is 11.5 Å². The third kappa shape index (κ3) is 5.51. The normalized spacial score (nSPS) is 13.9. The molecule has 0 bridgehead atoms. The van der Waals surface area contributed by atoms with Crippen LogP contribution in [0.5, 0.6) is 11.5 Å². The highest BCUT2D eigenvalue weighted by atomic mass is 16.6. The largest absolute Gasteiger partial charge is 0.492 e. The maximum absolute atomic E-state index is 12.5. The fraction of sp³-hybridized carbons (Fsp3) is 0.391. The molecular weight excluding hydrogens is 386 g/mol. The highest BCUT2D eigenvalue weighted by molar-refractivity contribution is 5.97. The first-order valence-corrected chi connectivity index (χ1v) is 10.1. The van der Waals surface area contributed by atoms with Crippen molar-refractivity contribution in [1.82, 2.24) is 4.90 Å². The van der Waals surface area contributed by atoms with Crippen molar-refractivity contribution in [1.29, 1.82) is 0 Å². The van der Waals surface area contributed by atoms with Crippen LogP contribution in [0, 0.1) is 0 Å². The molecule has 1 amide bonds. The van der Waals surface area contributed by atoms with Gasteiger partial charge >= 0.3 is 5.97 Å². The fourth-order valence-electron chi connectivity index (χ4n) is 3.17. The first-order chi connectivity index (χ1) is 14.6. The van der Waals surface area contributed by atoms with Gasteiger partial charge in [-0.15, -0.1) is 0 Å². The minimum atomic E-state index is -0.616. The molecule has 30 heavy (non-hydrogen) atoms. The van der Waals surface area contributed by atoms with Crippen molar-refractivity contribution < 1.29 is 28.5 Å². The average molecular weight is 413 g/mol. The van der Waals surface area contributed by atoms with Crippen LogP contribution in [-0.2, 0) is 20.7 Å². The molecule has 3 rings (SSSR count). The van der Waals surface area contributed by atoms with Crippen LogP contribution in [-0.4, -0.2) is 56.0 Å². The molecule has 0 unspecified atom stereocenters. The summed E-state index contributed by atoms with van der Waals surface area (Å²) in [7, 11) is 0. The summed E-state index contributed by atoms with van der Waals surface area (Å²) in [5.74, 6) is 0.892. The third-order valence-electron chi connectivity index (χ3n) is 4.67. The lowest BCUT2D eigenvalue weighted by Crippen LogP contribution is -2.40. The molecule has 0 N–H and O–H groups in total. The van der Waals surface area contributed by atoms with Gasteiger partial charge in [0.2, 0.25) is 0 Å². The van der Waals surface area contributed by atoms with Crippen molar-refractivity contribution >= 4 is 11.9 Å². The van der Waals surface area contributed by atoms with Gasteiger partial charge in [0, 0.05) is 13.0 Å². The molecule has 0 spiro atoms. The molecule has 0 saturated carbocycles. The Morgan fingerprint density at radius 1 is 1.10 bits per heavy atom. The summed E-state index contributed by atoms with van der Waals surface area (Å²) in [6, 6.07) is 14.7. The van der Waals surface area contributed by atoms with Gasteiger partial charge in [-0.3, -0.25) is 4.79 Å². The minimum Gasteiger partial charge on any atom is -0.492 e. The fourth-order valence-corrected chi connectivity index (χ4v) is 3.17. The van der Waals surface area contributed by atoms with Gasteiger partial charge in [0.15, 0.2) is 12.8 Å². The van der Waals surface area contributed by atoms with Crippen molar-refractivity contribution in [3.63, 3.8) is 0 Å². The lowest BCUT2D eigenvalue weighted by atomic mass is 10.1. The number of para-hydroxylation sites is 1. The molecule has 160 valence electrons. The predicted molar refractivity (Wildman–Crippen MR) is 111 cm³/mol. The van der Waals surface area contributed by atoms with E-state index in [9.17, 15) is 9.59 Å². The number of carbonyl (C=O) groups excluding carboxylic acids is 2. The topological polar surface area (TPSA) is 74.3 Å². The number of rotatable bonds is 10. The lowest BCUT2D eigenvalue weighted by Gasteiger charge is -2.28. The van der Waals surface area contributed by atoms with Gasteiger partial charge in [0.05, 0.1) is 18.7 Å². The number of carbonyl (C=O) groups is 2. The van der Waals surface area contributed by atoms with Crippen LogP contribution >= 0.6 is 0 Å². The zero-order chi connectivity index (χ0) is 21.3. The van der Waals surface area contributed by atoms with Crippen molar-refractivity contribution in [2.75, 3.05) is 33.1 Å². The molecule has 1 aliphatic heterocycles. The number of hydrogen-bond acceptors (Lipinski definition) is 6. The van der Waals surface area contributed by atoms with E-state index in [1.165, 1.54) is 0 Å². The first kappa shape index (κ1) is 21.6. The first-order valence-electron chi connectivity index (χ1n) is 10.1. The SMILES string of the molecule is CCOC(=O)[C@@H](Cc1ccc(OCCN2COc3ccccc3C2=O)cc1)OCC. The number of ether oxygens (including phenoxy) is 4. The van der Waals surface area contributed by atoms with Crippen molar-refractivity contribution in [3.05, 3.63) is 59.7 Å². The van der Waals surface area contributed by atoms with Crippen LogP contribution in [0.15, 0.2) is 48.5 Å². The average Bonchev–Trinajstić information content (AvgIpc) is 2.76. The Kier molecular flexibility index (Phi) is 7.68. The van der Waals surface area contributed by atoms with E-state index in [0.717, 1.165) is 5.56 Å². The van der Waals surface area contributed by atoms with Gasteiger partial charge in [-0.2, -0.15) is 0 Å². The molecule has 1 aliphatic rings. The van der Waals surface area contributed by atoms with Crippen LogP contribution in [0.3, 0.4) is 0 Å². The van der Waals surface area contributed by atoms with E-state index >= 15 is 0 Å². The van der Waals surface area contributed by atoms with Gasteiger partial charge < -0.3 is 23.8 Å². The molecule has 0 saturated heterocycles. The highest BCUT2D eigenvalue weighted by Crippen LogP contribution is 2.24. The van der Waals surface area contributed by atoms with Gasteiger partial charge in [-0.1, -0.05) is 24.3 Å². The summed E-state index contributed by atoms with van der Waals surface area (Å²) >= 11 is 0. The number of fused-ring (bicyclic) bond motifs is 1. The maximum atomic E-state index is 12.5. The van der Waals surface area contributed by atoms with E-state index < -0.39 is 6.10 Å². The smallest absolute Gasteiger partial charge is 0.335 e. The Bertz CT molecular complexity index is 851. The second-order valence-electron chi connectivity index (χ2n) is 6.73. The van der Waals surface area contributed by atoms with Crippen molar-refractivity contribution in [2.45, 2.75) is 26.4 Å². The van der Waals surface area contributed by atoms with Gasteiger partial charge in [0.1, 0.15) is 18.1 Å². The standard InChI is InChI=1S/C23H27NO6/c1-3-27-21(23(26)28-4-2)15-17-9-11-18(12-10-17)29-14-13-24-16-30-20-8-6-5-7-19(20)22(24)25/h5-12,21H,3-4,13-16H2,1-2H3/t21-/m1/s1. The van der Waals surface area contributed by atoms with E-state index in [0.29, 0.717) is 49.8 Å². The monoisotopic (exact) mass is 413 g/mol. The van der Waals surface area contributed by atoms with Crippen LogP contribution < -0.4 is 9.47 Å². The second-order valence-corrected chi connectivity index (χ2v) is 6.73. The molecule has 0 radical (unpaired) electrons. The highest BCUT2D eigenvalue weighted by Gasteiger charge is 2.25. The van der Waals surface area contributed by atoms with Gasteiger partial charge in [-0.25, -0.2) is 4.79 Å².